The van der Waals surface area contributed by atoms with Crippen molar-refractivity contribution in [3.05, 3.63) is 64.7 Å². The van der Waals surface area contributed by atoms with Crippen molar-refractivity contribution in [2.75, 3.05) is 0 Å². The number of halogens is 1. The second-order valence-electron chi connectivity index (χ2n) is 4.70. The Hall–Kier alpha value is -1.28. The van der Waals surface area contributed by atoms with E-state index in [1.54, 1.807) is 0 Å². The lowest BCUT2D eigenvalue weighted by Crippen LogP contribution is -1.98. The second-order valence-corrected chi connectivity index (χ2v) is 5.26. The van der Waals surface area contributed by atoms with Gasteiger partial charge < -0.3 is 4.74 Å². The van der Waals surface area contributed by atoms with Gasteiger partial charge in [0.05, 0.1) is 0 Å². The molecule has 0 saturated heterocycles. The van der Waals surface area contributed by atoms with Gasteiger partial charge in [-0.2, -0.15) is 0 Å². The molecule has 0 aromatic heterocycles. The third kappa shape index (κ3) is 3.84. The topological polar surface area (TPSA) is 9.23 Å². The molecule has 0 aliphatic rings. The largest absolute Gasteiger partial charge is 0.489 e. The monoisotopic (exact) mass is 318 g/mol. The highest BCUT2D eigenvalue weighted by Gasteiger charge is 2.03. The molecule has 0 heterocycles. The van der Waals surface area contributed by atoms with Crippen LogP contribution < -0.4 is 4.74 Å². The number of aryl methyl sites for hydroxylation is 2. The summed E-state index contributed by atoms with van der Waals surface area (Å²) in [4.78, 5) is 0. The molecule has 0 bridgehead atoms. The van der Waals surface area contributed by atoms with Crippen molar-refractivity contribution in [1.29, 1.82) is 0 Å². The zero-order chi connectivity index (χ0) is 13.7. The summed E-state index contributed by atoms with van der Waals surface area (Å²) in [7, 11) is 0. The highest BCUT2D eigenvalue weighted by molar-refractivity contribution is 9.08. The van der Waals surface area contributed by atoms with E-state index in [9.17, 15) is 0 Å². The van der Waals surface area contributed by atoms with Crippen LogP contribution in [-0.4, -0.2) is 0 Å². The molecule has 19 heavy (non-hydrogen) atoms. The summed E-state index contributed by atoms with van der Waals surface area (Å²) in [5.74, 6) is 0.960. The minimum atomic E-state index is 0.618. The van der Waals surface area contributed by atoms with Gasteiger partial charge in [0.15, 0.2) is 0 Å². The molecule has 2 aromatic rings. The number of alkyl halides is 1. The van der Waals surface area contributed by atoms with Gasteiger partial charge in [-0.25, -0.2) is 0 Å². The zero-order valence-corrected chi connectivity index (χ0v) is 13.0. The van der Waals surface area contributed by atoms with E-state index in [1.165, 1.54) is 22.3 Å². The molecule has 1 nitrogen and oxygen atoms in total. The van der Waals surface area contributed by atoms with E-state index < -0.39 is 0 Å². The van der Waals surface area contributed by atoms with Crippen molar-refractivity contribution in [2.24, 2.45) is 0 Å². The molecule has 0 spiro atoms. The maximum Gasteiger partial charge on any atom is 0.123 e. The Bertz CT molecular complexity index is 531. The normalized spacial score (nSPS) is 10.5. The SMILES string of the molecule is CCc1ccc(COc2ccc(C)cc2CBr)cc1. The predicted octanol–water partition coefficient (Wildman–Crippen LogP) is 5.03. The molecule has 0 unspecified atom stereocenters. The van der Waals surface area contributed by atoms with Crippen LogP contribution in [0.4, 0.5) is 0 Å². The molecule has 0 N–H and O–H groups in total. The van der Waals surface area contributed by atoms with Gasteiger partial charge in [-0.3, -0.25) is 0 Å². The van der Waals surface area contributed by atoms with Crippen molar-refractivity contribution < 1.29 is 4.74 Å². The molecule has 2 aromatic carbocycles. The van der Waals surface area contributed by atoms with E-state index in [-0.39, 0.29) is 0 Å². The third-order valence-electron chi connectivity index (χ3n) is 3.19. The molecular weight excluding hydrogens is 300 g/mol. The lowest BCUT2D eigenvalue weighted by atomic mass is 10.1. The summed E-state index contributed by atoms with van der Waals surface area (Å²) in [6.45, 7) is 4.88. The summed E-state index contributed by atoms with van der Waals surface area (Å²) < 4.78 is 5.91. The van der Waals surface area contributed by atoms with E-state index in [2.05, 4.69) is 66.2 Å². The van der Waals surface area contributed by atoms with Crippen LogP contribution in [0.2, 0.25) is 0 Å². The minimum absolute atomic E-state index is 0.618. The molecule has 0 saturated carbocycles. The highest BCUT2D eigenvalue weighted by atomic mass is 79.9. The fourth-order valence-electron chi connectivity index (χ4n) is 1.99. The minimum Gasteiger partial charge on any atom is -0.489 e. The fraction of sp³-hybridized carbons (Fsp3) is 0.294. The number of ether oxygens (including phenoxy) is 1. The Morgan fingerprint density at radius 3 is 2.32 bits per heavy atom. The first-order chi connectivity index (χ1) is 9.22. The smallest absolute Gasteiger partial charge is 0.123 e. The number of rotatable bonds is 5. The summed E-state index contributed by atoms with van der Waals surface area (Å²) in [5, 5.41) is 0.818. The van der Waals surface area contributed by atoms with Gasteiger partial charge in [0.1, 0.15) is 12.4 Å². The van der Waals surface area contributed by atoms with E-state index in [1.807, 2.05) is 6.07 Å². The molecule has 0 amide bonds. The summed E-state index contributed by atoms with van der Waals surface area (Å²) in [6.07, 6.45) is 1.08. The lowest BCUT2D eigenvalue weighted by Gasteiger charge is -2.11. The van der Waals surface area contributed by atoms with E-state index in [0.717, 1.165) is 17.5 Å². The molecule has 0 aliphatic heterocycles. The molecule has 2 heteroatoms. The molecule has 0 radical (unpaired) electrons. The van der Waals surface area contributed by atoms with Crippen LogP contribution in [0.1, 0.15) is 29.2 Å². The van der Waals surface area contributed by atoms with E-state index in [0.29, 0.717) is 6.61 Å². The van der Waals surface area contributed by atoms with Crippen molar-refractivity contribution in [2.45, 2.75) is 32.2 Å². The summed E-state index contributed by atoms with van der Waals surface area (Å²) in [5.41, 5.74) is 5.03. The zero-order valence-electron chi connectivity index (χ0n) is 11.4. The number of hydrogen-bond donors (Lipinski definition) is 0. The van der Waals surface area contributed by atoms with Crippen LogP contribution in [0.5, 0.6) is 5.75 Å². The van der Waals surface area contributed by atoms with Crippen molar-refractivity contribution in [1.82, 2.24) is 0 Å². The van der Waals surface area contributed by atoms with Gasteiger partial charge in [-0.15, -0.1) is 0 Å². The van der Waals surface area contributed by atoms with Crippen molar-refractivity contribution in [3.8, 4) is 5.75 Å². The molecule has 0 aliphatic carbocycles. The highest BCUT2D eigenvalue weighted by Crippen LogP contribution is 2.23. The number of hydrogen-bond acceptors (Lipinski definition) is 1. The van der Waals surface area contributed by atoms with Gasteiger partial charge >= 0.3 is 0 Å². The maximum atomic E-state index is 5.91. The standard InChI is InChI=1S/C17H19BrO/c1-3-14-5-7-15(8-6-14)12-19-17-9-4-13(2)10-16(17)11-18/h4-10H,3,11-12H2,1-2H3. The van der Waals surface area contributed by atoms with Crippen LogP contribution in [0.25, 0.3) is 0 Å². The van der Waals surface area contributed by atoms with E-state index in [4.69, 9.17) is 4.74 Å². The van der Waals surface area contributed by atoms with E-state index >= 15 is 0 Å². The lowest BCUT2D eigenvalue weighted by molar-refractivity contribution is 0.304. The fourth-order valence-corrected chi connectivity index (χ4v) is 2.42. The maximum absolute atomic E-state index is 5.91. The Labute approximate surface area is 123 Å². The van der Waals surface area contributed by atoms with Crippen LogP contribution in [-0.2, 0) is 18.4 Å². The average molecular weight is 319 g/mol. The van der Waals surface area contributed by atoms with Gasteiger partial charge in [-0.05, 0) is 30.5 Å². The number of benzene rings is 2. The molecule has 0 atom stereocenters. The quantitative estimate of drug-likeness (QED) is 0.702. The first kappa shape index (κ1) is 14.1. The van der Waals surface area contributed by atoms with Gasteiger partial charge in [-0.1, -0.05) is 64.8 Å². The van der Waals surface area contributed by atoms with Gasteiger partial charge in [0, 0.05) is 10.9 Å². The van der Waals surface area contributed by atoms with Gasteiger partial charge in [0.2, 0.25) is 0 Å². The third-order valence-corrected chi connectivity index (χ3v) is 3.79. The van der Waals surface area contributed by atoms with Crippen molar-refractivity contribution >= 4 is 15.9 Å². The first-order valence-electron chi connectivity index (χ1n) is 6.59. The van der Waals surface area contributed by atoms with Crippen LogP contribution >= 0.6 is 15.9 Å². The summed E-state index contributed by atoms with van der Waals surface area (Å²) >= 11 is 3.51. The molecule has 2 rings (SSSR count). The van der Waals surface area contributed by atoms with Crippen molar-refractivity contribution in [3.63, 3.8) is 0 Å². The Balaban J connectivity index is 2.05. The Morgan fingerprint density at radius 1 is 1.00 bits per heavy atom. The van der Waals surface area contributed by atoms with Crippen LogP contribution in [0.3, 0.4) is 0 Å². The van der Waals surface area contributed by atoms with Gasteiger partial charge in [0.25, 0.3) is 0 Å². The molecular formula is C17H19BrO. The Morgan fingerprint density at radius 2 is 1.68 bits per heavy atom. The predicted molar refractivity (Wildman–Crippen MR) is 84.0 cm³/mol. The molecule has 0 fully saturated rings. The second kappa shape index (κ2) is 6.76. The average Bonchev–Trinajstić information content (AvgIpc) is 2.46. The first-order valence-corrected chi connectivity index (χ1v) is 7.71. The molecule has 100 valence electrons. The van der Waals surface area contributed by atoms with Crippen LogP contribution in [0.15, 0.2) is 42.5 Å². The Kier molecular flexibility index (Phi) is 5.03. The summed E-state index contributed by atoms with van der Waals surface area (Å²) in [6, 6.07) is 14.9. The van der Waals surface area contributed by atoms with Crippen LogP contribution in [0, 0.1) is 6.92 Å².